The summed E-state index contributed by atoms with van der Waals surface area (Å²) in [6.45, 7) is 7.64. The van der Waals surface area contributed by atoms with Crippen LogP contribution in [0.3, 0.4) is 0 Å². The van der Waals surface area contributed by atoms with Crippen molar-refractivity contribution in [1.29, 1.82) is 0 Å². The number of amides is 1. The van der Waals surface area contributed by atoms with Gasteiger partial charge in [0, 0.05) is 25.6 Å². The summed E-state index contributed by atoms with van der Waals surface area (Å²) < 4.78 is 5.36. The van der Waals surface area contributed by atoms with E-state index in [1.54, 1.807) is 4.90 Å². The minimum atomic E-state index is -0.802. The molecule has 2 rings (SSSR count). The summed E-state index contributed by atoms with van der Waals surface area (Å²) in [4.78, 5) is 27.6. The molecule has 1 amide bonds. The van der Waals surface area contributed by atoms with Crippen LogP contribution in [0.1, 0.15) is 27.2 Å². The topological polar surface area (TPSA) is 70.1 Å². The Balaban J connectivity index is 2.14. The largest absolute Gasteiger partial charge is 0.481 e. The van der Waals surface area contributed by atoms with Crippen molar-refractivity contribution >= 4 is 12.1 Å². The normalized spacial score (nSPS) is 31.0. The predicted molar refractivity (Wildman–Crippen MR) is 73.5 cm³/mol. The number of hydrogen-bond acceptors (Lipinski definition) is 4. The predicted octanol–water partition coefficient (Wildman–Crippen LogP) is 1.26. The number of piperidine rings is 1. The van der Waals surface area contributed by atoms with Crippen molar-refractivity contribution in [3.8, 4) is 0 Å². The van der Waals surface area contributed by atoms with E-state index in [2.05, 4.69) is 4.90 Å². The van der Waals surface area contributed by atoms with Gasteiger partial charge < -0.3 is 19.6 Å². The molecule has 6 heteroatoms. The van der Waals surface area contributed by atoms with Crippen molar-refractivity contribution in [2.45, 2.75) is 32.8 Å². The molecule has 2 fully saturated rings. The Morgan fingerprint density at radius 2 is 1.95 bits per heavy atom. The fourth-order valence-corrected chi connectivity index (χ4v) is 3.16. The molecule has 2 atom stereocenters. The standard InChI is InChI=1S/C14H24N2O4/c1-13(2,3)20-12(19)16-8-10-7-15(4)6-5-14(10,9-16)11(17)18/h10H,5-9H2,1-4H3,(H,17,18). The third-order valence-corrected chi connectivity index (χ3v) is 4.24. The summed E-state index contributed by atoms with van der Waals surface area (Å²) in [6, 6.07) is 0. The molecule has 2 saturated heterocycles. The van der Waals surface area contributed by atoms with Gasteiger partial charge in [-0.2, -0.15) is 0 Å². The summed E-state index contributed by atoms with van der Waals surface area (Å²) in [7, 11) is 1.99. The number of nitrogens with zero attached hydrogens (tertiary/aromatic N) is 2. The SMILES string of the molecule is CN1CCC2(C(=O)O)CN(C(=O)OC(C)(C)C)CC2C1. The number of likely N-dealkylation sites (tertiary alicyclic amines) is 2. The highest BCUT2D eigenvalue weighted by molar-refractivity contribution is 5.78. The summed E-state index contributed by atoms with van der Waals surface area (Å²) in [5, 5.41) is 9.62. The molecule has 0 saturated carbocycles. The maximum absolute atomic E-state index is 12.1. The molecular formula is C14H24N2O4. The third kappa shape index (κ3) is 2.75. The van der Waals surface area contributed by atoms with E-state index in [0.29, 0.717) is 19.5 Å². The number of hydrogen-bond donors (Lipinski definition) is 1. The first-order chi connectivity index (χ1) is 9.14. The highest BCUT2D eigenvalue weighted by Gasteiger charge is 2.55. The maximum atomic E-state index is 12.1. The molecule has 6 nitrogen and oxygen atoms in total. The van der Waals surface area contributed by atoms with Crippen molar-refractivity contribution in [2.75, 3.05) is 33.2 Å². The first-order valence-electron chi connectivity index (χ1n) is 7.04. The molecule has 0 aromatic heterocycles. The lowest BCUT2D eigenvalue weighted by Crippen LogP contribution is -2.49. The van der Waals surface area contributed by atoms with E-state index in [1.165, 1.54) is 0 Å². The van der Waals surface area contributed by atoms with Gasteiger partial charge in [0.15, 0.2) is 0 Å². The number of carbonyl (C=O) groups excluding carboxylic acids is 1. The van der Waals surface area contributed by atoms with Gasteiger partial charge in [0.1, 0.15) is 5.60 Å². The second kappa shape index (κ2) is 4.91. The first kappa shape index (κ1) is 15.1. The van der Waals surface area contributed by atoms with Crippen molar-refractivity contribution in [2.24, 2.45) is 11.3 Å². The zero-order valence-corrected chi connectivity index (χ0v) is 12.7. The fraction of sp³-hybridized carbons (Fsp3) is 0.857. The van der Waals surface area contributed by atoms with Crippen molar-refractivity contribution in [3.05, 3.63) is 0 Å². The summed E-state index contributed by atoms with van der Waals surface area (Å²) in [6.07, 6.45) is 0.179. The number of carbonyl (C=O) groups is 2. The quantitative estimate of drug-likeness (QED) is 0.785. The average molecular weight is 284 g/mol. The van der Waals surface area contributed by atoms with E-state index in [0.717, 1.165) is 6.54 Å². The van der Waals surface area contributed by atoms with Crippen LogP contribution in [-0.2, 0) is 9.53 Å². The van der Waals surface area contributed by atoms with Crippen molar-refractivity contribution < 1.29 is 19.4 Å². The van der Waals surface area contributed by atoms with Gasteiger partial charge in [-0.05, 0) is 40.8 Å². The van der Waals surface area contributed by atoms with Crippen LogP contribution in [0.2, 0.25) is 0 Å². The lowest BCUT2D eigenvalue weighted by molar-refractivity contribution is -0.153. The zero-order valence-electron chi connectivity index (χ0n) is 12.7. The van der Waals surface area contributed by atoms with Crippen LogP contribution in [-0.4, -0.2) is 65.8 Å². The Morgan fingerprint density at radius 1 is 1.30 bits per heavy atom. The van der Waals surface area contributed by atoms with Crippen LogP contribution in [0.15, 0.2) is 0 Å². The van der Waals surface area contributed by atoms with Gasteiger partial charge in [-0.1, -0.05) is 0 Å². The molecule has 1 N–H and O–H groups in total. The molecule has 20 heavy (non-hydrogen) atoms. The summed E-state index contributed by atoms with van der Waals surface area (Å²) in [5.74, 6) is -0.812. The number of rotatable bonds is 1. The highest BCUT2D eigenvalue weighted by atomic mass is 16.6. The molecular weight excluding hydrogens is 260 g/mol. The van der Waals surface area contributed by atoms with E-state index >= 15 is 0 Å². The van der Waals surface area contributed by atoms with E-state index in [4.69, 9.17) is 4.74 Å². The second-order valence-electron chi connectivity index (χ2n) is 7.03. The van der Waals surface area contributed by atoms with Gasteiger partial charge in [0.25, 0.3) is 0 Å². The Bertz CT molecular complexity index is 418. The van der Waals surface area contributed by atoms with E-state index in [1.807, 2.05) is 27.8 Å². The second-order valence-corrected chi connectivity index (χ2v) is 7.03. The zero-order chi connectivity index (χ0) is 15.1. The number of ether oxygens (including phenoxy) is 1. The van der Waals surface area contributed by atoms with Crippen molar-refractivity contribution in [3.63, 3.8) is 0 Å². The molecule has 0 aromatic rings. The Hall–Kier alpha value is -1.30. The average Bonchev–Trinajstić information content (AvgIpc) is 2.66. The lowest BCUT2D eigenvalue weighted by atomic mass is 9.73. The van der Waals surface area contributed by atoms with Crippen LogP contribution in [0.25, 0.3) is 0 Å². The molecule has 0 bridgehead atoms. The Kier molecular flexibility index (Phi) is 3.71. The van der Waals surface area contributed by atoms with Crippen LogP contribution in [0, 0.1) is 11.3 Å². The maximum Gasteiger partial charge on any atom is 0.410 e. The van der Waals surface area contributed by atoms with E-state index in [-0.39, 0.29) is 12.5 Å². The van der Waals surface area contributed by atoms with Gasteiger partial charge in [0.05, 0.1) is 5.41 Å². The van der Waals surface area contributed by atoms with Gasteiger partial charge in [-0.15, -0.1) is 0 Å². The molecule has 0 aliphatic carbocycles. The minimum Gasteiger partial charge on any atom is -0.481 e. The fourth-order valence-electron chi connectivity index (χ4n) is 3.16. The van der Waals surface area contributed by atoms with Crippen LogP contribution >= 0.6 is 0 Å². The highest BCUT2D eigenvalue weighted by Crippen LogP contribution is 2.43. The number of aliphatic carboxylic acids is 1. The molecule has 0 spiro atoms. The monoisotopic (exact) mass is 284 g/mol. The number of carboxylic acids is 1. The first-order valence-corrected chi connectivity index (χ1v) is 7.04. The smallest absolute Gasteiger partial charge is 0.410 e. The Morgan fingerprint density at radius 3 is 2.50 bits per heavy atom. The van der Waals surface area contributed by atoms with Crippen LogP contribution in [0.4, 0.5) is 4.79 Å². The van der Waals surface area contributed by atoms with Crippen LogP contribution in [0.5, 0.6) is 0 Å². The minimum absolute atomic E-state index is 0.0220. The molecule has 2 heterocycles. The van der Waals surface area contributed by atoms with E-state index < -0.39 is 23.1 Å². The van der Waals surface area contributed by atoms with Crippen molar-refractivity contribution in [1.82, 2.24) is 9.80 Å². The summed E-state index contributed by atoms with van der Waals surface area (Å²) >= 11 is 0. The van der Waals surface area contributed by atoms with E-state index in [9.17, 15) is 14.7 Å². The third-order valence-electron chi connectivity index (χ3n) is 4.24. The molecule has 0 aromatic carbocycles. The van der Waals surface area contributed by atoms with Gasteiger partial charge in [-0.3, -0.25) is 4.79 Å². The van der Waals surface area contributed by atoms with Gasteiger partial charge in [-0.25, -0.2) is 4.79 Å². The summed E-state index contributed by atoms with van der Waals surface area (Å²) in [5.41, 5.74) is -1.36. The van der Waals surface area contributed by atoms with Crippen LogP contribution < -0.4 is 0 Å². The molecule has 0 radical (unpaired) electrons. The molecule has 114 valence electrons. The van der Waals surface area contributed by atoms with Gasteiger partial charge in [0.2, 0.25) is 0 Å². The number of fused-ring (bicyclic) bond motifs is 1. The number of carboxylic acid groups (broad SMARTS) is 1. The lowest BCUT2D eigenvalue weighted by Gasteiger charge is -2.38. The molecule has 2 aliphatic rings. The Labute approximate surface area is 119 Å². The molecule has 2 unspecified atom stereocenters. The molecule has 2 aliphatic heterocycles. The van der Waals surface area contributed by atoms with Gasteiger partial charge >= 0.3 is 12.1 Å².